The SMILES string of the molecule is CCNCc1cc(N(CC)C2CC2)nc(C(C)(C)C)c1. The van der Waals surface area contributed by atoms with E-state index < -0.39 is 0 Å². The monoisotopic (exact) mass is 275 g/mol. The summed E-state index contributed by atoms with van der Waals surface area (Å²) in [7, 11) is 0. The first kappa shape index (κ1) is 15.3. The number of nitrogens with zero attached hydrogens (tertiary/aromatic N) is 2. The summed E-state index contributed by atoms with van der Waals surface area (Å²) in [5.41, 5.74) is 2.64. The molecule has 112 valence electrons. The highest BCUT2D eigenvalue weighted by Crippen LogP contribution is 2.32. The fourth-order valence-corrected chi connectivity index (χ4v) is 2.47. The van der Waals surface area contributed by atoms with Gasteiger partial charge in [-0.25, -0.2) is 4.98 Å². The largest absolute Gasteiger partial charge is 0.354 e. The highest BCUT2D eigenvalue weighted by molar-refractivity contribution is 5.46. The van der Waals surface area contributed by atoms with Crippen LogP contribution in [-0.4, -0.2) is 24.1 Å². The van der Waals surface area contributed by atoms with Crippen LogP contribution in [0, 0.1) is 0 Å². The summed E-state index contributed by atoms with van der Waals surface area (Å²) in [6.45, 7) is 14.1. The van der Waals surface area contributed by atoms with Crippen molar-refractivity contribution in [1.29, 1.82) is 0 Å². The van der Waals surface area contributed by atoms with Gasteiger partial charge in [0.25, 0.3) is 0 Å². The van der Waals surface area contributed by atoms with Gasteiger partial charge in [-0.15, -0.1) is 0 Å². The van der Waals surface area contributed by atoms with Crippen LogP contribution in [0.3, 0.4) is 0 Å². The number of nitrogens with one attached hydrogen (secondary N) is 1. The van der Waals surface area contributed by atoms with Crippen LogP contribution in [0.1, 0.15) is 58.7 Å². The Kier molecular flexibility index (Phi) is 4.69. The number of anilines is 1. The predicted octanol–water partition coefficient (Wildman–Crippen LogP) is 3.48. The van der Waals surface area contributed by atoms with Gasteiger partial charge in [0.05, 0.1) is 0 Å². The molecule has 1 aromatic rings. The summed E-state index contributed by atoms with van der Waals surface area (Å²) in [5, 5.41) is 3.43. The van der Waals surface area contributed by atoms with E-state index in [0.29, 0.717) is 0 Å². The molecule has 0 aliphatic heterocycles. The summed E-state index contributed by atoms with van der Waals surface area (Å²) < 4.78 is 0. The van der Waals surface area contributed by atoms with Gasteiger partial charge in [-0.3, -0.25) is 0 Å². The number of rotatable bonds is 6. The molecule has 20 heavy (non-hydrogen) atoms. The molecule has 0 radical (unpaired) electrons. The van der Waals surface area contributed by atoms with Crippen molar-refractivity contribution >= 4 is 5.82 Å². The minimum atomic E-state index is 0.0972. The van der Waals surface area contributed by atoms with E-state index >= 15 is 0 Å². The van der Waals surface area contributed by atoms with Crippen molar-refractivity contribution in [2.45, 2.75) is 65.5 Å². The molecule has 0 atom stereocenters. The maximum absolute atomic E-state index is 4.94. The molecule has 1 heterocycles. The molecular weight excluding hydrogens is 246 g/mol. The fraction of sp³-hybridized carbons (Fsp3) is 0.706. The van der Waals surface area contributed by atoms with Crippen molar-refractivity contribution in [3.05, 3.63) is 23.4 Å². The third-order valence-electron chi connectivity index (χ3n) is 3.84. The second-order valence-corrected chi connectivity index (χ2v) is 6.77. The first-order valence-corrected chi connectivity index (χ1v) is 7.94. The van der Waals surface area contributed by atoms with Crippen LogP contribution in [-0.2, 0) is 12.0 Å². The van der Waals surface area contributed by atoms with Gasteiger partial charge >= 0.3 is 0 Å². The molecule has 0 unspecified atom stereocenters. The highest BCUT2D eigenvalue weighted by atomic mass is 15.2. The van der Waals surface area contributed by atoms with Gasteiger partial charge in [0, 0.05) is 30.2 Å². The fourth-order valence-electron chi connectivity index (χ4n) is 2.47. The van der Waals surface area contributed by atoms with Crippen molar-refractivity contribution < 1.29 is 0 Å². The molecule has 0 bridgehead atoms. The lowest BCUT2D eigenvalue weighted by Gasteiger charge is -2.26. The Morgan fingerprint density at radius 2 is 1.95 bits per heavy atom. The second kappa shape index (κ2) is 6.13. The highest BCUT2D eigenvalue weighted by Gasteiger charge is 2.29. The van der Waals surface area contributed by atoms with E-state index in [1.165, 1.54) is 24.1 Å². The van der Waals surface area contributed by atoms with E-state index in [0.717, 1.165) is 31.5 Å². The molecule has 1 saturated carbocycles. The summed E-state index contributed by atoms with van der Waals surface area (Å²) in [6, 6.07) is 5.24. The lowest BCUT2D eigenvalue weighted by atomic mass is 9.90. The van der Waals surface area contributed by atoms with Gasteiger partial charge in [-0.2, -0.15) is 0 Å². The standard InChI is InChI=1S/C17H29N3/c1-6-18-12-13-10-15(17(3,4)5)19-16(11-13)20(7-2)14-8-9-14/h10-11,14,18H,6-9,12H2,1-5H3. The van der Waals surface area contributed by atoms with Crippen LogP contribution in [0.15, 0.2) is 12.1 Å². The van der Waals surface area contributed by atoms with Crippen molar-refractivity contribution in [3.63, 3.8) is 0 Å². The Hall–Kier alpha value is -1.09. The Morgan fingerprint density at radius 3 is 2.45 bits per heavy atom. The third-order valence-corrected chi connectivity index (χ3v) is 3.84. The summed E-state index contributed by atoms with van der Waals surface area (Å²) >= 11 is 0. The van der Waals surface area contributed by atoms with Crippen LogP contribution in [0.2, 0.25) is 0 Å². The lowest BCUT2D eigenvalue weighted by Crippen LogP contribution is -2.28. The van der Waals surface area contributed by atoms with E-state index in [9.17, 15) is 0 Å². The Bertz CT molecular complexity index is 444. The molecular formula is C17H29N3. The molecule has 0 amide bonds. The molecule has 1 fully saturated rings. The van der Waals surface area contributed by atoms with Crippen molar-refractivity contribution in [2.24, 2.45) is 0 Å². The Balaban J connectivity index is 2.33. The summed E-state index contributed by atoms with van der Waals surface area (Å²) in [4.78, 5) is 7.41. The molecule has 0 spiro atoms. The molecule has 1 N–H and O–H groups in total. The Morgan fingerprint density at radius 1 is 1.25 bits per heavy atom. The summed E-state index contributed by atoms with van der Waals surface area (Å²) in [6.07, 6.45) is 2.63. The summed E-state index contributed by atoms with van der Waals surface area (Å²) in [5.74, 6) is 1.16. The first-order chi connectivity index (χ1) is 9.45. The number of aromatic nitrogens is 1. The van der Waals surface area contributed by atoms with E-state index in [2.05, 4.69) is 57.0 Å². The molecule has 3 heteroatoms. The van der Waals surface area contributed by atoms with Gasteiger partial charge in [-0.05, 0) is 44.0 Å². The number of hydrogen-bond acceptors (Lipinski definition) is 3. The van der Waals surface area contributed by atoms with Gasteiger partial charge in [0.1, 0.15) is 5.82 Å². The molecule has 1 aliphatic carbocycles. The van der Waals surface area contributed by atoms with Crippen LogP contribution >= 0.6 is 0 Å². The molecule has 2 rings (SSSR count). The molecule has 1 aromatic heterocycles. The molecule has 0 aromatic carbocycles. The number of pyridine rings is 1. The van der Waals surface area contributed by atoms with Crippen LogP contribution in [0.4, 0.5) is 5.82 Å². The zero-order valence-corrected chi connectivity index (χ0v) is 13.7. The van der Waals surface area contributed by atoms with Crippen molar-refractivity contribution in [1.82, 2.24) is 10.3 Å². The van der Waals surface area contributed by atoms with Gasteiger partial charge in [0.15, 0.2) is 0 Å². The average Bonchev–Trinajstić information content (AvgIpc) is 3.20. The third kappa shape index (κ3) is 3.72. The maximum atomic E-state index is 4.94. The van der Waals surface area contributed by atoms with Crippen LogP contribution < -0.4 is 10.2 Å². The number of hydrogen-bond donors (Lipinski definition) is 1. The topological polar surface area (TPSA) is 28.2 Å². The maximum Gasteiger partial charge on any atom is 0.129 e. The van der Waals surface area contributed by atoms with Crippen LogP contribution in [0.25, 0.3) is 0 Å². The van der Waals surface area contributed by atoms with E-state index in [1.807, 2.05) is 0 Å². The van der Waals surface area contributed by atoms with Crippen molar-refractivity contribution in [2.75, 3.05) is 18.0 Å². The first-order valence-electron chi connectivity index (χ1n) is 7.94. The zero-order chi connectivity index (χ0) is 14.8. The molecule has 0 saturated heterocycles. The minimum absolute atomic E-state index is 0.0972. The quantitative estimate of drug-likeness (QED) is 0.861. The zero-order valence-electron chi connectivity index (χ0n) is 13.7. The Labute approximate surface area is 123 Å². The normalized spacial score (nSPS) is 15.4. The van der Waals surface area contributed by atoms with E-state index in [4.69, 9.17) is 4.98 Å². The van der Waals surface area contributed by atoms with Gasteiger partial charge in [-0.1, -0.05) is 27.7 Å². The second-order valence-electron chi connectivity index (χ2n) is 6.77. The van der Waals surface area contributed by atoms with Crippen LogP contribution in [0.5, 0.6) is 0 Å². The molecule has 3 nitrogen and oxygen atoms in total. The lowest BCUT2D eigenvalue weighted by molar-refractivity contribution is 0.565. The minimum Gasteiger partial charge on any atom is -0.354 e. The molecule has 1 aliphatic rings. The van der Waals surface area contributed by atoms with Crippen molar-refractivity contribution in [3.8, 4) is 0 Å². The predicted molar refractivity (Wildman–Crippen MR) is 86.4 cm³/mol. The van der Waals surface area contributed by atoms with Gasteiger partial charge < -0.3 is 10.2 Å². The average molecular weight is 275 g/mol. The van der Waals surface area contributed by atoms with Gasteiger partial charge in [0.2, 0.25) is 0 Å². The smallest absolute Gasteiger partial charge is 0.129 e. The van der Waals surface area contributed by atoms with E-state index in [1.54, 1.807) is 0 Å². The van der Waals surface area contributed by atoms with E-state index in [-0.39, 0.29) is 5.41 Å².